The lowest BCUT2D eigenvalue weighted by Crippen LogP contribution is -2.53. The minimum absolute atomic E-state index is 0.207. The number of ketones is 1. The average Bonchev–Trinajstić information content (AvgIpc) is 2.27. The van der Waals surface area contributed by atoms with Crippen molar-refractivity contribution in [3.8, 4) is 5.75 Å². The molecule has 1 fully saturated rings. The molecule has 3 rings (SSSR count). The smallest absolute Gasteiger partial charge is 0.170 e. The van der Waals surface area contributed by atoms with E-state index in [0.29, 0.717) is 6.42 Å². The molecule has 1 aromatic carbocycles. The molecule has 0 aliphatic carbocycles. The van der Waals surface area contributed by atoms with Crippen LogP contribution in [0.15, 0.2) is 22.7 Å². The zero-order valence-corrected chi connectivity index (χ0v) is 12.0. The highest BCUT2D eigenvalue weighted by Crippen LogP contribution is 2.39. The van der Waals surface area contributed by atoms with E-state index in [0.717, 1.165) is 41.7 Å². The van der Waals surface area contributed by atoms with E-state index >= 15 is 0 Å². The lowest BCUT2D eigenvalue weighted by molar-refractivity contribution is -0.0104. The van der Waals surface area contributed by atoms with Gasteiger partial charge in [0.2, 0.25) is 0 Å². The molecule has 4 heteroatoms. The maximum absolute atomic E-state index is 12.3. The van der Waals surface area contributed by atoms with Crippen LogP contribution < -0.4 is 4.74 Å². The number of nitrogens with zero attached hydrogens (tertiary/aromatic N) is 1. The Bertz CT molecular complexity index is 503. The highest BCUT2D eigenvalue weighted by atomic mass is 79.9. The number of likely N-dealkylation sites (N-methyl/N-ethyl adjacent to an activating group) is 1. The summed E-state index contributed by atoms with van der Waals surface area (Å²) in [6.45, 7) is 1.93. The van der Waals surface area contributed by atoms with E-state index in [1.807, 2.05) is 18.2 Å². The predicted octanol–water partition coefficient (Wildman–Crippen LogP) is 2.88. The van der Waals surface area contributed by atoms with E-state index in [2.05, 4.69) is 27.9 Å². The van der Waals surface area contributed by atoms with Crippen molar-refractivity contribution in [1.82, 2.24) is 4.90 Å². The Balaban J connectivity index is 1.97. The molecule has 18 heavy (non-hydrogen) atoms. The van der Waals surface area contributed by atoms with Gasteiger partial charge in [0.1, 0.15) is 11.4 Å². The summed E-state index contributed by atoms with van der Waals surface area (Å²) in [5.74, 6) is 0.940. The number of carbonyl (C=O) groups is 1. The van der Waals surface area contributed by atoms with Gasteiger partial charge in [0.15, 0.2) is 5.78 Å². The number of fused-ring (bicyclic) bond motifs is 1. The van der Waals surface area contributed by atoms with E-state index in [-0.39, 0.29) is 11.4 Å². The van der Waals surface area contributed by atoms with Crippen LogP contribution >= 0.6 is 15.9 Å². The molecule has 0 saturated carbocycles. The van der Waals surface area contributed by atoms with Crippen molar-refractivity contribution in [3.05, 3.63) is 28.2 Å². The Kier molecular flexibility index (Phi) is 2.94. The zero-order chi connectivity index (χ0) is 12.8. The minimum atomic E-state index is -0.308. The van der Waals surface area contributed by atoms with Crippen LogP contribution in [0.25, 0.3) is 0 Å². The molecule has 2 heterocycles. The third-order valence-corrected chi connectivity index (χ3v) is 4.28. The molecule has 0 aromatic heterocycles. The molecular weight excluding hydrogens is 294 g/mol. The summed E-state index contributed by atoms with van der Waals surface area (Å²) in [5.41, 5.74) is 0.412. The maximum atomic E-state index is 12.3. The molecule has 0 amide bonds. The molecule has 2 aliphatic heterocycles. The van der Waals surface area contributed by atoms with Crippen LogP contribution in [-0.4, -0.2) is 36.4 Å². The van der Waals surface area contributed by atoms with Gasteiger partial charge in [-0.05, 0) is 44.6 Å². The topological polar surface area (TPSA) is 29.5 Å². The van der Waals surface area contributed by atoms with Gasteiger partial charge in [0.05, 0.1) is 12.0 Å². The normalized spacial score (nSPS) is 28.0. The lowest BCUT2D eigenvalue weighted by atomic mass is 9.84. The van der Waals surface area contributed by atoms with Gasteiger partial charge in [-0.1, -0.05) is 15.9 Å². The first-order chi connectivity index (χ1) is 8.58. The van der Waals surface area contributed by atoms with E-state index in [1.54, 1.807) is 0 Å². The number of piperidine rings is 1. The van der Waals surface area contributed by atoms with Crippen molar-refractivity contribution < 1.29 is 9.53 Å². The number of likely N-dealkylation sites (tertiary alicyclic amines) is 1. The Labute approximate surface area is 115 Å². The van der Waals surface area contributed by atoms with E-state index in [4.69, 9.17) is 4.74 Å². The monoisotopic (exact) mass is 309 g/mol. The largest absolute Gasteiger partial charge is 0.485 e. The van der Waals surface area contributed by atoms with Crippen molar-refractivity contribution in [1.29, 1.82) is 0 Å². The first kappa shape index (κ1) is 12.2. The maximum Gasteiger partial charge on any atom is 0.170 e. The van der Waals surface area contributed by atoms with E-state index in [1.165, 1.54) is 0 Å². The molecule has 2 aliphatic rings. The van der Waals surface area contributed by atoms with Crippen LogP contribution in [0.5, 0.6) is 5.75 Å². The van der Waals surface area contributed by atoms with Crippen molar-refractivity contribution >= 4 is 21.7 Å². The molecule has 1 unspecified atom stereocenters. The van der Waals surface area contributed by atoms with Crippen LogP contribution in [0, 0.1) is 0 Å². The summed E-state index contributed by atoms with van der Waals surface area (Å²) in [6.07, 6.45) is 2.56. The van der Waals surface area contributed by atoms with Gasteiger partial charge in [-0.25, -0.2) is 0 Å². The first-order valence-corrected chi connectivity index (χ1v) is 7.08. The number of Topliss-reactive ketones (excluding diaryl/α,β-unsaturated/α-hetero) is 1. The first-order valence-electron chi connectivity index (χ1n) is 6.28. The summed E-state index contributed by atoms with van der Waals surface area (Å²) < 4.78 is 7.14. The molecule has 1 aromatic rings. The van der Waals surface area contributed by atoms with Gasteiger partial charge in [-0.3, -0.25) is 4.79 Å². The lowest BCUT2D eigenvalue weighted by Gasteiger charge is -2.43. The zero-order valence-electron chi connectivity index (χ0n) is 10.4. The predicted molar refractivity (Wildman–Crippen MR) is 73.2 cm³/mol. The Morgan fingerprint density at radius 2 is 2.28 bits per heavy atom. The number of hydrogen-bond donors (Lipinski definition) is 0. The molecule has 0 bridgehead atoms. The average molecular weight is 310 g/mol. The minimum Gasteiger partial charge on any atom is -0.485 e. The number of benzene rings is 1. The van der Waals surface area contributed by atoms with Crippen LogP contribution in [-0.2, 0) is 0 Å². The SMILES string of the molecule is CN1CCCC2(CC(=O)c3ccc(Br)cc3O2)C1. The standard InChI is InChI=1S/C14H16BrNO2/c1-16-6-2-5-14(9-16)8-12(17)11-4-3-10(15)7-13(11)18-14/h3-4,7H,2,5-6,8-9H2,1H3. The van der Waals surface area contributed by atoms with Gasteiger partial charge >= 0.3 is 0 Å². The second kappa shape index (κ2) is 4.35. The third kappa shape index (κ3) is 2.08. The fraction of sp³-hybridized carbons (Fsp3) is 0.500. The second-order valence-electron chi connectivity index (χ2n) is 5.37. The van der Waals surface area contributed by atoms with Crippen molar-refractivity contribution in [2.24, 2.45) is 0 Å². The molecule has 1 atom stereocenters. The molecule has 0 N–H and O–H groups in total. The van der Waals surface area contributed by atoms with Gasteiger partial charge in [0, 0.05) is 11.0 Å². The summed E-state index contributed by atoms with van der Waals surface area (Å²) in [6, 6.07) is 5.65. The number of ether oxygens (including phenoxy) is 1. The summed E-state index contributed by atoms with van der Waals surface area (Å²) in [4.78, 5) is 14.5. The van der Waals surface area contributed by atoms with Gasteiger partial charge in [-0.2, -0.15) is 0 Å². The van der Waals surface area contributed by atoms with Gasteiger partial charge in [-0.15, -0.1) is 0 Å². The van der Waals surface area contributed by atoms with Crippen molar-refractivity contribution in [3.63, 3.8) is 0 Å². The van der Waals surface area contributed by atoms with Crippen molar-refractivity contribution in [2.45, 2.75) is 24.9 Å². The Morgan fingerprint density at radius 1 is 1.44 bits per heavy atom. The number of halogens is 1. The quantitative estimate of drug-likeness (QED) is 0.738. The van der Waals surface area contributed by atoms with E-state index < -0.39 is 0 Å². The molecular formula is C14H16BrNO2. The number of hydrogen-bond acceptors (Lipinski definition) is 3. The van der Waals surface area contributed by atoms with Gasteiger partial charge in [0.25, 0.3) is 0 Å². The highest BCUT2D eigenvalue weighted by molar-refractivity contribution is 9.10. The van der Waals surface area contributed by atoms with Crippen LogP contribution in [0.1, 0.15) is 29.6 Å². The second-order valence-corrected chi connectivity index (χ2v) is 6.28. The summed E-state index contributed by atoms with van der Waals surface area (Å²) in [5, 5.41) is 0. The van der Waals surface area contributed by atoms with Crippen LogP contribution in [0.4, 0.5) is 0 Å². The number of carbonyl (C=O) groups excluding carboxylic acids is 1. The fourth-order valence-electron chi connectivity index (χ4n) is 3.02. The summed E-state index contributed by atoms with van der Waals surface area (Å²) in [7, 11) is 2.09. The number of rotatable bonds is 0. The third-order valence-electron chi connectivity index (χ3n) is 3.78. The highest BCUT2D eigenvalue weighted by Gasteiger charge is 2.42. The van der Waals surface area contributed by atoms with Gasteiger partial charge < -0.3 is 9.64 Å². The molecule has 1 saturated heterocycles. The Morgan fingerprint density at radius 3 is 3.06 bits per heavy atom. The van der Waals surface area contributed by atoms with Crippen molar-refractivity contribution in [2.75, 3.05) is 20.1 Å². The summed E-state index contributed by atoms with van der Waals surface area (Å²) >= 11 is 3.43. The molecule has 1 spiro atoms. The fourth-order valence-corrected chi connectivity index (χ4v) is 3.36. The van der Waals surface area contributed by atoms with Crippen LogP contribution in [0.2, 0.25) is 0 Å². The molecule has 3 nitrogen and oxygen atoms in total. The van der Waals surface area contributed by atoms with Crippen LogP contribution in [0.3, 0.4) is 0 Å². The molecule has 96 valence electrons. The van der Waals surface area contributed by atoms with E-state index in [9.17, 15) is 4.79 Å². The molecule has 0 radical (unpaired) electrons. The Hall–Kier alpha value is -0.870.